The number of nitrogens with zero attached hydrogens (tertiary/aromatic N) is 2. The van der Waals surface area contributed by atoms with E-state index in [9.17, 15) is 14.4 Å². The number of oxazole rings is 1. The number of benzene rings is 2. The molecule has 0 radical (unpaired) electrons. The van der Waals surface area contributed by atoms with Crippen LogP contribution in [0.2, 0.25) is 5.02 Å². The number of hydrogen-bond acceptors (Lipinski definition) is 6. The zero-order valence-electron chi connectivity index (χ0n) is 17.7. The molecule has 0 saturated carbocycles. The average Bonchev–Trinajstić information content (AvgIpc) is 3.17. The van der Waals surface area contributed by atoms with Gasteiger partial charge in [0.15, 0.2) is 11.4 Å². The van der Waals surface area contributed by atoms with Crippen molar-refractivity contribution in [3.8, 4) is 0 Å². The van der Waals surface area contributed by atoms with E-state index in [1.165, 1.54) is 0 Å². The fourth-order valence-corrected chi connectivity index (χ4v) is 3.91. The maximum atomic E-state index is 12.8. The molecule has 1 aliphatic heterocycles. The van der Waals surface area contributed by atoms with Gasteiger partial charge in [0.05, 0.1) is 5.52 Å². The molecule has 1 unspecified atom stereocenters. The Morgan fingerprint density at radius 2 is 1.84 bits per heavy atom. The number of Topliss-reactive ketones (excluding diaryl/α,β-unsaturated/α-hetero) is 1. The Morgan fingerprint density at radius 1 is 1.12 bits per heavy atom. The van der Waals surface area contributed by atoms with Crippen LogP contribution in [-0.2, 0) is 11.3 Å². The summed E-state index contributed by atoms with van der Waals surface area (Å²) in [5.74, 6) is -0.788. The van der Waals surface area contributed by atoms with Gasteiger partial charge in [-0.25, -0.2) is 9.59 Å². The standard InChI is InChI=1S/C23H24ClN3O5/c1-15(21(28)17-4-7-19-20(12-17)32-22(29)25-19)13-26-8-10-27(11-9-26)23(30)31-14-16-2-5-18(24)6-3-16/h2-7,12,15H,8-11,13-14H2,1H3,(H,25,29). The van der Waals surface area contributed by atoms with Crippen molar-refractivity contribution in [3.63, 3.8) is 0 Å². The van der Waals surface area contributed by atoms with E-state index >= 15 is 0 Å². The van der Waals surface area contributed by atoms with E-state index in [0.29, 0.717) is 54.4 Å². The van der Waals surface area contributed by atoms with E-state index in [4.69, 9.17) is 20.8 Å². The van der Waals surface area contributed by atoms with Gasteiger partial charge in [-0.2, -0.15) is 0 Å². The van der Waals surface area contributed by atoms with Crippen molar-refractivity contribution in [2.24, 2.45) is 5.92 Å². The van der Waals surface area contributed by atoms with Gasteiger partial charge in [-0.15, -0.1) is 0 Å². The van der Waals surface area contributed by atoms with Crippen LogP contribution in [-0.4, -0.2) is 59.4 Å². The van der Waals surface area contributed by atoms with Crippen LogP contribution in [0.15, 0.2) is 51.7 Å². The lowest BCUT2D eigenvalue weighted by Gasteiger charge is -2.35. The summed E-state index contributed by atoms with van der Waals surface area (Å²) in [7, 11) is 0. The maximum Gasteiger partial charge on any atom is 0.417 e. The summed E-state index contributed by atoms with van der Waals surface area (Å²) in [4.78, 5) is 42.9. The van der Waals surface area contributed by atoms with Crippen LogP contribution in [0.4, 0.5) is 4.79 Å². The second-order valence-corrected chi connectivity index (χ2v) is 8.40. The molecule has 1 aromatic heterocycles. The van der Waals surface area contributed by atoms with Gasteiger partial charge in [0.1, 0.15) is 6.61 Å². The number of aromatic amines is 1. The zero-order chi connectivity index (χ0) is 22.7. The van der Waals surface area contributed by atoms with Gasteiger partial charge in [-0.3, -0.25) is 14.7 Å². The van der Waals surface area contributed by atoms with Crippen LogP contribution in [0.3, 0.4) is 0 Å². The first-order valence-corrected chi connectivity index (χ1v) is 10.8. The summed E-state index contributed by atoms with van der Waals surface area (Å²) < 4.78 is 10.4. The molecule has 1 saturated heterocycles. The van der Waals surface area contributed by atoms with Crippen molar-refractivity contribution in [3.05, 3.63) is 69.2 Å². The summed E-state index contributed by atoms with van der Waals surface area (Å²) in [6, 6.07) is 12.1. The number of carbonyl (C=O) groups excluding carboxylic acids is 2. The normalized spacial score (nSPS) is 15.6. The molecule has 1 aliphatic rings. The van der Waals surface area contributed by atoms with Gasteiger partial charge in [0.2, 0.25) is 0 Å². The molecule has 4 rings (SSSR count). The predicted octanol–water partition coefficient (Wildman–Crippen LogP) is 3.55. The Morgan fingerprint density at radius 3 is 2.56 bits per heavy atom. The first kappa shape index (κ1) is 22.1. The molecule has 1 atom stereocenters. The number of ketones is 1. The zero-order valence-corrected chi connectivity index (χ0v) is 18.4. The summed E-state index contributed by atoms with van der Waals surface area (Å²) in [5.41, 5.74) is 2.33. The van der Waals surface area contributed by atoms with Gasteiger partial charge in [-0.1, -0.05) is 30.7 Å². The van der Waals surface area contributed by atoms with Crippen molar-refractivity contribution in [1.82, 2.24) is 14.8 Å². The Kier molecular flexibility index (Phi) is 6.62. The van der Waals surface area contributed by atoms with Crippen molar-refractivity contribution < 1.29 is 18.7 Å². The quantitative estimate of drug-likeness (QED) is 0.569. The predicted molar refractivity (Wildman–Crippen MR) is 120 cm³/mol. The summed E-state index contributed by atoms with van der Waals surface area (Å²) in [6.45, 7) is 5.09. The van der Waals surface area contributed by atoms with Crippen molar-refractivity contribution in [2.75, 3.05) is 32.7 Å². The number of carbonyl (C=O) groups is 2. The minimum absolute atomic E-state index is 0.0134. The fraction of sp³-hybridized carbons (Fsp3) is 0.348. The Balaban J connectivity index is 1.25. The highest BCUT2D eigenvalue weighted by Gasteiger charge is 2.25. The molecule has 9 heteroatoms. The SMILES string of the molecule is CC(CN1CCN(C(=O)OCc2ccc(Cl)cc2)CC1)C(=O)c1ccc2[nH]c(=O)oc2c1. The molecular weight excluding hydrogens is 434 g/mol. The lowest BCUT2D eigenvalue weighted by molar-refractivity contribution is 0.0651. The first-order chi connectivity index (χ1) is 15.4. The highest BCUT2D eigenvalue weighted by Crippen LogP contribution is 2.17. The van der Waals surface area contributed by atoms with Crippen LogP contribution in [0.5, 0.6) is 0 Å². The molecule has 0 spiro atoms. The van der Waals surface area contributed by atoms with E-state index in [1.54, 1.807) is 35.2 Å². The third kappa shape index (κ3) is 5.20. The van der Waals surface area contributed by atoms with E-state index in [1.807, 2.05) is 19.1 Å². The number of amides is 1. The number of halogens is 1. The molecule has 0 aliphatic carbocycles. The van der Waals surface area contributed by atoms with Crippen LogP contribution >= 0.6 is 11.6 Å². The topological polar surface area (TPSA) is 95.9 Å². The van der Waals surface area contributed by atoms with Crippen molar-refractivity contribution in [2.45, 2.75) is 13.5 Å². The van der Waals surface area contributed by atoms with Crippen molar-refractivity contribution in [1.29, 1.82) is 0 Å². The number of piperazine rings is 1. The van der Waals surface area contributed by atoms with E-state index < -0.39 is 5.76 Å². The van der Waals surface area contributed by atoms with Crippen molar-refractivity contribution >= 4 is 34.6 Å². The van der Waals surface area contributed by atoms with Crippen LogP contribution < -0.4 is 5.76 Å². The average molecular weight is 458 g/mol. The lowest BCUT2D eigenvalue weighted by atomic mass is 9.98. The number of aromatic nitrogens is 1. The molecular formula is C23H24ClN3O5. The number of fused-ring (bicyclic) bond motifs is 1. The van der Waals surface area contributed by atoms with E-state index in [2.05, 4.69) is 9.88 Å². The number of H-pyrrole nitrogens is 1. The van der Waals surface area contributed by atoms with Crippen LogP contribution in [0.25, 0.3) is 11.1 Å². The molecule has 32 heavy (non-hydrogen) atoms. The molecule has 3 aromatic rings. The molecule has 0 bridgehead atoms. The highest BCUT2D eigenvalue weighted by atomic mass is 35.5. The Hall–Kier alpha value is -3.10. The van der Waals surface area contributed by atoms with Gasteiger partial charge >= 0.3 is 11.8 Å². The smallest absolute Gasteiger partial charge is 0.417 e. The number of ether oxygens (including phenoxy) is 1. The number of rotatable bonds is 6. The van der Waals surface area contributed by atoms with Gasteiger partial charge < -0.3 is 14.1 Å². The lowest BCUT2D eigenvalue weighted by Crippen LogP contribution is -2.50. The van der Waals surface area contributed by atoms with Crippen LogP contribution in [0, 0.1) is 5.92 Å². The minimum Gasteiger partial charge on any atom is -0.445 e. The van der Waals surface area contributed by atoms with Crippen LogP contribution in [0.1, 0.15) is 22.8 Å². The highest BCUT2D eigenvalue weighted by molar-refractivity contribution is 6.30. The summed E-state index contributed by atoms with van der Waals surface area (Å²) in [5, 5.41) is 0.639. The second kappa shape index (κ2) is 9.58. The fourth-order valence-electron chi connectivity index (χ4n) is 3.78. The molecule has 1 fully saturated rings. The molecule has 2 aromatic carbocycles. The third-order valence-corrected chi connectivity index (χ3v) is 5.84. The number of nitrogens with one attached hydrogen (secondary N) is 1. The minimum atomic E-state index is -0.540. The largest absolute Gasteiger partial charge is 0.445 e. The molecule has 1 N–H and O–H groups in total. The molecule has 1 amide bonds. The molecule has 8 nitrogen and oxygen atoms in total. The molecule has 168 valence electrons. The Labute approximate surface area is 189 Å². The van der Waals surface area contributed by atoms with E-state index in [-0.39, 0.29) is 24.4 Å². The summed E-state index contributed by atoms with van der Waals surface area (Å²) in [6.07, 6.45) is -0.343. The first-order valence-electron chi connectivity index (χ1n) is 10.4. The second-order valence-electron chi connectivity index (χ2n) is 7.96. The Bertz CT molecular complexity index is 1160. The number of hydrogen-bond donors (Lipinski definition) is 1. The molecule has 2 heterocycles. The third-order valence-electron chi connectivity index (χ3n) is 5.59. The van der Waals surface area contributed by atoms with Gasteiger partial charge in [0.25, 0.3) is 0 Å². The van der Waals surface area contributed by atoms with E-state index in [0.717, 1.165) is 5.56 Å². The maximum absolute atomic E-state index is 12.8. The van der Waals surface area contributed by atoms with Gasteiger partial charge in [-0.05, 0) is 35.9 Å². The monoisotopic (exact) mass is 457 g/mol. The summed E-state index contributed by atoms with van der Waals surface area (Å²) >= 11 is 5.87. The van der Waals surface area contributed by atoms with Gasteiger partial charge in [0, 0.05) is 49.2 Å².